The maximum Gasteiger partial charge on any atom is 0.226 e. The summed E-state index contributed by atoms with van der Waals surface area (Å²) in [6.07, 6.45) is 7.61. The maximum atomic E-state index is 12.3. The summed E-state index contributed by atoms with van der Waals surface area (Å²) < 4.78 is 0. The highest BCUT2D eigenvalue weighted by Crippen LogP contribution is 2.48. The topological polar surface area (TPSA) is 41.1 Å². The minimum absolute atomic E-state index is 0.122. The molecule has 1 heterocycles. The number of hydrogen-bond donors (Lipinski definition) is 2. The first-order valence-corrected chi connectivity index (χ1v) is 7.66. The first kappa shape index (κ1) is 12.5. The Hall–Kier alpha value is -0.570. The van der Waals surface area contributed by atoms with Crippen LogP contribution >= 0.6 is 0 Å². The van der Waals surface area contributed by atoms with E-state index in [4.69, 9.17) is 0 Å². The van der Waals surface area contributed by atoms with E-state index in [1.54, 1.807) is 0 Å². The fourth-order valence-corrected chi connectivity index (χ4v) is 4.27. The van der Waals surface area contributed by atoms with Gasteiger partial charge in [-0.25, -0.2) is 0 Å². The van der Waals surface area contributed by atoms with Gasteiger partial charge in [-0.05, 0) is 62.9 Å². The Morgan fingerprint density at radius 1 is 1.28 bits per heavy atom. The summed E-state index contributed by atoms with van der Waals surface area (Å²) in [5, 5.41) is 6.59. The van der Waals surface area contributed by atoms with Gasteiger partial charge in [0.25, 0.3) is 0 Å². The number of piperidine rings is 1. The highest BCUT2D eigenvalue weighted by atomic mass is 16.2. The van der Waals surface area contributed by atoms with Gasteiger partial charge in [0.05, 0.1) is 0 Å². The molecule has 0 aromatic heterocycles. The van der Waals surface area contributed by atoms with E-state index in [9.17, 15) is 4.79 Å². The van der Waals surface area contributed by atoms with Crippen LogP contribution in [0.25, 0.3) is 0 Å². The summed E-state index contributed by atoms with van der Waals surface area (Å²) in [5.74, 6) is 2.97. The summed E-state index contributed by atoms with van der Waals surface area (Å²) >= 11 is 0. The summed E-state index contributed by atoms with van der Waals surface area (Å²) in [7, 11) is 0. The van der Waals surface area contributed by atoms with Crippen molar-refractivity contribution >= 4 is 5.91 Å². The molecule has 3 fully saturated rings. The second kappa shape index (κ2) is 4.84. The smallest absolute Gasteiger partial charge is 0.226 e. The molecule has 2 bridgehead atoms. The monoisotopic (exact) mass is 250 g/mol. The van der Waals surface area contributed by atoms with Crippen LogP contribution in [0.2, 0.25) is 0 Å². The fraction of sp³-hybridized carbons (Fsp3) is 0.933. The molecule has 0 aromatic carbocycles. The van der Waals surface area contributed by atoms with E-state index in [1.165, 1.54) is 25.7 Å². The van der Waals surface area contributed by atoms with Crippen LogP contribution in [0.3, 0.4) is 0 Å². The Bertz CT molecular complexity index is 322. The summed E-state index contributed by atoms with van der Waals surface area (Å²) in [6.45, 7) is 5.03. The van der Waals surface area contributed by atoms with Gasteiger partial charge in [0.1, 0.15) is 0 Å². The molecule has 102 valence electrons. The number of rotatable bonds is 3. The third-order valence-electron chi connectivity index (χ3n) is 5.66. The summed E-state index contributed by atoms with van der Waals surface area (Å²) in [5.41, 5.74) is -0.122. The number of carbonyl (C=O) groups is 1. The third-order valence-corrected chi connectivity index (χ3v) is 5.66. The molecule has 0 radical (unpaired) electrons. The molecule has 1 amide bonds. The molecule has 2 saturated carbocycles. The first-order valence-electron chi connectivity index (χ1n) is 7.66. The highest BCUT2D eigenvalue weighted by molar-refractivity contribution is 5.82. The van der Waals surface area contributed by atoms with E-state index in [2.05, 4.69) is 17.6 Å². The molecule has 0 spiro atoms. The van der Waals surface area contributed by atoms with Gasteiger partial charge in [-0.15, -0.1) is 0 Å². The average molecular weight is 250 g/mol. The Labute approximate surface area is 110 Å². The van der Waals surface area contributed by atoms with Crippen molar-refractivity contribution in [3.63, 3.8) is 0 Å². The number of fused-ring (bicyclic) bond motifs is 2. The molecule has 18 heavy (non-hydrogen) atoms. The molecule has 1 aliphatic heterocycles. The number of nitrogens with one attached hydrogen (secondary N) is 2. The van der Waals surface area contributed by atoms with E-state index >= 15 is 0 Å². The Morgan fingerprint density at radius 2 is 2.06 bits per heavy atom. The van der Waals surface area contributed by atoms with Gasteiger partial charge >= 0.3 is 0 Å². The van der Waals surface area contributed by atoms with Crippen molar-refractivity contribution in [3.8, 4) is 0 Å². The Morgan fingerprint density at radius 3 is 2.67 bits per heavy atom. The molecule has 2 N–H and O–H groups in total. The maximum absolute atomic E-state index is 12.3. The second-order valence-electron chi connectivity index (χ2n) is 6.96. The standard InChI is InChI=1S/C15H26N2O/c1-15(4-6-16-7-5-15)14(18)17-10-13-9-11-2-3-12(13)8-11/h11-13,16H,2-10H2,1H3,(H,17,18). The third kappa shape index (κ3) is 2.29. The highest BCUT2D eigenvalue weighted by Gasteiger charge is 2.40. The summed E-state index contributed by atoms with van der Waals surface area (Å²) in [4.78, 5) is 12.3. The van der Waals surface area contributed by atoms with Gasteiger partial charge in [0.15, 0.2) is 0 Å². The van der Waals surface area contributed by atoms with Crippen molar-refractivity contribution in [2.45, 2.75) is 45.4 Å². The van der Waals surface area contributed by atoms with Crippen molar-refractivity contribution in [1.82, 2.24) is 10.6 Å². The minimum Gasteiger partial charge on any atom is -0.355 e. The zero-order chi connectivity index (χ0) is 12.6. The van der Waals surface area contributed by atoms with Crippen molar-refractivity contribution in [2.75, 3.05) is 19.6 Å². The molecule has 3 aliphatic rings. The molecule has 3 nitrogen and oxygen atoms in total. The molecule has 0 aromatic rings. The van der Waals surface area contributed by atoms with E-state index < -0.39 is 0 Å². The fourth-order valence-electron chi connectivity index (χ4n) is 4.27. The SMILES string of the molecule is CC1(C(=O)NCC2CC3CCC2C3)CCNCC1. The Kier molecular flexibility index (Phi) is 3.35. The zero-order valence-electron chi connectivity index (χ0n) is 11.5. The van der Waals surface area contributed by atoms with E-state index in [0.29, 0.717) is 5.91 Å². The van der Waals surface area contributed by atoms with Gasteiger partial charge in [-0.3, -0.25) is 4.79 Å². The lowest BCUT2D eigenvalue weighted by atomic mass is 9.80. The van der Waals surface area contributed by atoms with Gasteiger partial charge in [0, 0.05) is 12.0 Å². The van der Waals surface area contributed by atoms with Gasteiger partial charge < -0.3 is 10.6 Å². The quantitative estimate of drug-likeness (QED) is 0.803. The van der Waals surface area contributed by atoms with Crippen LogP contribution in [0.4, 0.5) is 0 Å². The molecule has 3 rings (SSSR count). The predicted molar refractivity (Wildman–Crippen MR) is 72.2 cm³/mol. The molecule has 2 aliphatic carbocycles. The number of carbonyl (C=O) groups excluding carboxylic acids is 1. The second-order valence-corrected chi connectivity index (χ2v) is 6.96. The number of amides is 1. The van der Waals surface area contributed by atoms with Crippen LogP contribution in [0.1, 0.15) is 45.4 Å². The minimum atomic E-state index is -0.122. The van der Waals surface area contributed by atoms with E-state index in [1.807, 2.05) is 0 Å². The molecular weight excluding hydrogens is 224 g/mol. The lowest BCUT2D eigenvalue weighted by molar-refractivity contribution is -0.131. The van der Waals surface area contributed by atoms with Gasteiger partial charge in [0.2, 0.25) is 5.91 Å². The average Bonchev–Trinajstić information content (AvgIpc) is 2.99. The van der Waals surface area contributed by atoms with Crippen molar-refractivity contribution in [2.24, 2.45) is 23.2 Å². The normalized spacial score (nSPS) is 37.7. The molecule has 1 saturated heterocycles. The van der Waals surface area contributed by atoms with Crippen molar-refractivity contribution in [1.29, 1.82) is 0 Å². The summed E-state index contributed by atoms with van der Waals surface area (Å²) in [6, 6.07) is 0. The lowest BCUT2D eigenvalue weighted by Crippen LogP contribution is -2.47. The van der Waals surface area contributed by atoms with E-state index in [-0.39, 0.29) is 5.41 Å². The molecule has 3 atom stereocenters. The van der Waals surface area contributed by atoms with Crippen molar-refractivity contribution < 1.29 is 4.79 Å². The van der Waals surface area contributed by atoms with Crippen LogP contribution in [-0.4, -0.2) is 25.5 Å². The zero-order valence-corrected chi connectivity index (χ0v) is 11.5. The van der Waals surface area contributed by atoms with Gasteiger partial charge in [-0.2, -0.15) is 0 Å². The first-order chi connectivity index (χ1) is 8.67. The number of hydrogen-bond acceptors (Lipinski definition) is 2. The van der Waals surface area contributed by atoms with Crippen LogP contribution in [0, 0.1) is 23.2 Å². The molecule has 3 unspecified atom stereocenters. The van der Waals surface area contributed by atoms with Gasteiger partial charge in [-0.1, -0.05) is 13.3 Å². The Balaban J connectivity index is 1.49. The van der Waals surface area contributed by atoms with Crippen LogP contribution in [0.15, 0.2) is 0 Å². The predicted octanol–water partition coefficient (Wildman–Crippen LogP) is 1.93. The molecule has 3 heteroatoms. The van der Waals surface area contributed by atoms with Crippen LogP contribution in [0.5, 0.6) is 0 Å². The van der Waals surface area contributed by atoms with Crippen molar-refractivity contribution in [3.05, 3.63) is 0 Å². The van der Waals surface area contributed by atoms with Crippen LogP contribution in [-0.2, 0) is 4.79 Å². The molecular formula is C15H26N2O. The largest absolute Gasteiger partial charge is 0.355 e. The van der Waals surface area contributed by atoms with Crippen LogP contribution < -0.4 is 10.6 Å². The lowest BCUT2D eigenvalue weighted by Gasteiger charge is -2.33. The van der Waals surface area contributed by atoms with E-state index in [0.717, 1.165) is 50.2 Å².